The topological polar surface area (TPSA) is 48.1 Å². The summed E-state index contributed by atoms with van der Waals surface area (Å²) in [6.45, 7) is 0.897. The maximum Gasteiger partial charge on any atom is 0.0783 e. The number of thioether (sulfide) groups is 1. The van der Waals surface area contributed by atoms with E-state index in [0.29, 0.717) is 12.0 Å². The van der Waals surface area contributed by atoms with Crippen LogP contribution in [0.4, 0.5) is 0 Å². The Labute approximate surface area is 125 Å². The van der Waals surface area contributed by atoms with Crippen LogP contribution >= 0.6 is 11.8 Å². The monoisotopic (exact) mass is 292 g/mol. The Morgan fingerprint density at radius 1 is 1.45 bits per heavy atom. The number of nitrogens with two attached hydrogens (primary N) is 1. The van der Waals surface area contributed by atoms with Gasteiger partial charge >= 0.3 is 0 Å². The van der Waals surface area contributed by atoms with Crippen molar-refractivity contribution < 1.29 is 4.74 Å². The fourth-order valence-electron chi connectivity index (χ4n) is 3.41. The van der Waals surface area contributed by atoms with Gasteiger partial charge in [0.1, 0.15) is 0 Å². The molecule has 3 unspecified atom stereocenters. The Morgan fingerprint density at radius 2 is 2.30 bits per heavy atom. The van der Waals surface area contributed by atoms with Crippen LogP contribution < -0.4 is 5.73 Å². The Balaban J connectivity index is 1.53. The number of aromatic nitrogens is 1. The summed E-state index contributed by atoms with van der Waals surface area (Å²) < 4.78 is 6.08. The fourth-order valence-corrected chi connectivity index (χ4v) is 4.79. The predicted octanol–water partition coefficient (Wildman–Crippen LogP) is 2.64. The molecule has 3 atom stereocenters. The van der Waals surface area contributed by atoms with E-state index in [9.17, 15) is 0 Å². The van der Waals surface area contributed by atoms with Crippen molar-refractivity contribution in [2.45, 2.75) is 43.7 Å². The maximum atomic E-state index is 6.47. The average Bonchev–Trinajstić information content (AvgIpc) is 2.93. The molecule has 0 aliphatic carbocycles. The van der Waals surface area contributed by atoms with E-state index in [1.807, 2.05) is 24.2 Å². The first-order valence-corrected chi connectivity index (χ1v) is 8.79. The van der Waals surface area contributed by atoms with Crippen LogP contribution in [0.5, 0.6) is 0 Å². The van der Waals surface area contributed by atoms with Crippen LogP contribution in [0.1, 0.15) is 31.2 Å². The lowest BCUT2D eigenvalue weighted by Gasteiger charge is -2.40. The number of pyridine rings is 1. The second-order valence-electron chi connectivity index (χ2n) is 6.14. The molecule has 3 rings (SSSR count). The van der Waals surface area contributed by atoms with Gasteiger partial charge in [-0.2, -0.15) is 11.8 Å². The molecule has 2 saturated heterocycles. The van der Waals surface area contributed by atoms with Crippen LogP contribution in [0, 0.1) is 5.92 Å². The summed E-state index contributed by atoms with van der Waals surface area (Å²) in [7, 11) is 0. The van der Waals surface area contributed by atoms with Gasteiger partial charge in [-0.1, -0.05) is 0 Å². The molecule has 1 aromatic rings. The van der Waals surface area contributed by atoms with Gasteiger partial charge in [0, 0.05) is 30.8 Å². The van der Waals surface area contributed by atoms with E-state index in [4.69, 9.17) is 10.5 Å². The van der Waals surface area contributed by atoms with Gasteiger partial charge in [-0.05, 0) is 61.5 Å². The summed E-state index contributed by atoms with van der Waals surface area (Å²) in [6, 6.07) is 4.48. The minimum Gasteiger partial charge on any atom is -0.374 e. The van der Waals surface area contributed by atoms with Gasteiger partial charge in [-0.15, -0.1) is 0 Å². The Kier molecular flexibility index (Phi) is 4.64. The van der Waals surface area contributed by atoms with Gasteiger partial charge in [0.05, 0.1) is 5.60 Å². The molecule has 2 aliphatic heterocycles. The van der Waals surface area contributed by atoms with Gasteiger partial charge in [-0.25, -0.2) is 0 Å². The largest absolute Gasteiger partial charge is 0.374 e. The summed E-state index contributed by atoms with van der Waals surface area (Å²) in [5, 5.41) is 0. The van der Waals surface area contributed by atoms with Crippen LogP contribution in [0.25, 0.3) is 0 Å². The second-order valence-corrected chi connectivity index (χ2v) is 7.25. The number of hydrogen-bond acceptors (Lipinski definition) is 4. The molecule has 4 heteroatoms. The molecule has 2 aliphatic rings. The van der Waals surface area contributed by atoms with E-state index in [1.165, 1.54) is 23.5 Å². The molecule has 1 spiro atoms. The minimum absolute atomic E-state index is 0.155. The smallest absolute Gasteiger partial charge is 0.0783 e. The zero-order valence-electron chi connectivity index (χ0n) is 12.0. The highest BCUT2D eigenvalue weighted by molar-refractivity contribution is 7.99. The molecule has 2 fully saturated rings. The zero-order valence-corrected chi connectivity index (χ0v) is 12.8. The van der Waals surface area contributed by atoms with Gasteiger partial charge in [0.2, 0.25) is 0 Å². The molecule has 1 aromatic heterocycles. The highest BCUT2D eigenvalue weighted by Crippen LogP contribution is 2.41. The van der Waals surface area contributed by atoms with E-state index in [-0.39, 0.29) is 5.60 Å². The van der Waals surface area contributed by atoms with Crippen molar-refractivity contribution in [3.05, 3.63) is 30.1 Å². The summed E-state index contributed by atoms with van der Waals surface area (Å²) in [6.07, 6.45) is 9.35. The summed E-state index contributed by atoms with van der Waals surface area (Å²) >= 11 is 2.03. The Morgan fingerprint density at radius 3 is 3.05 bits per heavy atom. The van der Waals surface area contributed by atoms with Crippen molar-refractivity contribution in [2.75, 3.05) is 18.1 Å². The predicted molar refractivity (Wildman–Crippen MR) is 83.9 cm³/mol. The third-order valence-electron chi connectivity index (χ3n) is 4.72. The van der Waals surface area contributed by atoms with Crippen molar-refractivity contribution in [1.29, 1.82) is 0 Å². The van der Waals surface area contributed by atoms with E-state index in [1.54, 1.807) is 0 Å². The van der Waals surface area contributed by atoms with Gasteiger partial charge in [0.25, 0.3) is 0 Å². The van der Waals surface area contributed by atoms with Crippen LogP contribution in [0.15, 0.2) is 24.5 Å². The molecule has 0 radical (unpaired) electrons. The quantitative estimate of drug-likeness (QED) is 0.927. The molecule has 0 aromatic carbocycles. The van der Waals surface area contributed by atoms with E-state index < -0.39 is 0 Å². The third-order valence-corrected chi connectivity index (χ3v) is 5.94. The molecule has 2 N–H and O–H groups in total. The van der Waals surface area contributed by atoms with Crippen molar-refractivity contribution in [2.24, 2.45) is 11.7 Å². The first-order chi connectivity index (χ1) is 9.77. The molecule has 3 nitrogen and oxygen atoms in total. The number of nitrogens with zero attached hydrogens (tertiary/aromatic N) is 1. The Bertz CT molecular complexity index is 420. The Hall–Kier alpha value is -0.580. The number of aryl methyl sites for hydroxylation is 1. The minimum atomic E-state index is 0.155. The number of hydrogen-bond donors (Lipinski definition) is 1. The van der Waals surface area contributed by atoms with Crippen molar-refractivity contribution >= 4 is 11.8 Å². The first kappa shape index (κ1) is 14.4. The summed E-state index contributed by atoms with van der Waals surface area (Å²) in [5.41, 5.74) is 7.97. The molecule has 0 saturated carbocycles. The molecular weight excluding hydrogens is 268 g/mol. The van der Waals surface area contributed by atoms with Gasteiger partial charge in [0.15, 0.2) is 0 Å². The van der Waals surface area contributed by atoms with Crippen LogP contribution in [-0.4, -0.2) is 34.7 Å². The van der Waals surface area contributed by atoms with Crippen molar-refractivity contribution in [3.63, 3.8) is 0 Å². The maximum absolute atomic E-state index is 6.47. The lowest BCUT2D eigenvalue weighted by molar-refractivity contribution is -0.0834. The highest BCUT2D eigenvalue weighted by atomic mass is 32.2. The molecule has 110 valence electrons. The molecule has 20 heavy (non-hydrogen) atoms. The van der Waals surface area contributed by atoms with Crippen LogP contribution in [0.2, 0.25) is 0 Å². The van der Waals surface area contributed by atoms with E-state index in [2.05, 4.69) is 17.1 Å². The number of ether oxygens (including phenoxy) is 1. The normalized spacial score (nSPS) is 31.6. The van der Waals surface area contributed by atoms with Crippen molar-refractivity contribution in [3.8, 4) is 0 Å². The average molecular weight is 292 g/mol. The van der Waals surface area contributed by atoms with E-state index in [0.717, 1.165) is 32.3 Å². The van der Waals surface area contributed by atoms with Crippen molar-refractivity contribution in [1.82, 2.24) is 4.98 Å². The summed E-state index contributed by atoms with van der Waals surface area (Å²) in [4.78, 5) is 4.06. The van der Waals surface area contributed by atoms with Gasteiger partial charge in [-0.3, -0.25) is 4.98 Å². The lowest BCUT2D eigenvalue weighted by Crippen LogP contribution is -2.45. The third kappa shape index (κ3) is 3.35. The van der Waals surface area contributed by atoms with Crippen LogP contribution in [0.3, 0.4) is 0 Å². The standard InChI is InChI=1S/C16H24N2OS/c17-15(2-1-13-3-7-18-8-4-13)14-5-9-19-16(11-14)6-10-20-12-16/h3-4,7-8,14-15H,1-2,5-6,9-12,17H2. The molecule has 0 amide bonds. The van der Waals surface area contributed by atoms with Crippen LogP contribution in [-0.2, 0) is 11.2 Å². The highest BCUT2D eigenvalue weighted by Gasteiger charge is 2.41. The number of rotatable bonds is 4. The zero-order chi connectivity index (χ0) is 13.8. The molecular formula is C16H24N2OS. The fraction of sp³-hybridized carbons (Fsp3) is 0.688. The van der Waals surface area contributed by atoms with E-state index >= 15 is 0 Å². The molecule has 0 bridgehead atoms. The molecule has 3 heterocycles. The first-order valence-electron chi connectivity index (χ1n) is 7.64. The SMILES string of the molecule is NC(CCc1ccncc1)C1CCOC2(CCSC2)C1. The summed E-state index contributed by atoms with van der Waals surface area (Å²) in [5.74, 6) is 3.05. The second kappa shape index (κ2) is 6.46. The van der Waals surface area contributed by atoms with Gasteiger partial charge < -0.3 is 10.5 Å². The lowest BCUT2D eigenvalue weighted by atomic mass is 9.80.